The predicted molar refractivity (Wildman–Crippen MR) is 85.3 cm³/mol. The van der Waals surface area contributed by atoms with Gasteiger partial charge < -0.3 is 20.1 Å². The maximum atomic E-state index is 9.36. The van der Waals surface area contributed by atoms with Crippen molar-refractivity contribution in [2.75, 3.05) is 19.8 Å². The van der Waals surface area contributed by atoms with Gasteiger partial charge in [-0.15, -0.1) is 0 Å². The average molecular weight is 302 g/mol. The Bertz CT molecular complexity index is 581. The van der Waals surface area contributed by atoms with E-state index in [1.165, 1.54) is 0 Å². The molecule has 0 radical (unpaired) electrons. The summed E-state index contributed by atoms with van der Waals surface area (Å²) in [6, 6.07) is 13.2. The van der Waals surface area contributed by atoms with E-state index in [1.807, 2.05) is 42.5 Å². The van der Waals surface area contributed by atoms with E-state index in [9.17, 15) is 15.3 Å². The second-order valence-corrected chi connectivity index (χ2v) is 5.02. The number of hydrogen-bond donors (Lipinski definition) is 3. The van der Waals surface area contributed by atoms with Gasteiger partial charge >= 0.3 is 0 Å². The molecule has 0 saturated heterocycles. The van der Waals surface area contributed by atoms with Crippen molar-refractivity contribution in [1.82, 2.24) is 0 Å². The van der Waals surface area contributed by atoms with Crippen LogP contribution in [0.3, 0.4) is 0 Å². The average Bonchev–Trinajstić information content (AvgIpc) is 2.54. The van der Waals surface area contributed by atoms with Crippen molar-refractivity contribution >= 4 is 0 Å². The molecule has 2 aromatic rings. The smallest absolute Gasteiger partial charge is 0.130 e. The Morgan fingerprint density at radius 3 is 1.95 bits per heavy atom. The molecule has 0 aliphatic rings. The van der Waals surface area contributed by atoms with E-state index in [4.69, 9.17) is 4.74 Å². The molecule has 0 aliphatic carbocycles. The highest BCUT2D eigenvalue weighted by molar-refractivity contribution is 5.47. The topological polar surface area (TPSA) is 69.9 Å². The molecule has 2 aromatic carbocycles. The molecule has 118 valence electrons. The monoisotopic (exact) mass is 302 g/mol. The summed E-state index contributed by atoms with van der Waals surface area (Å²) in [4.78, 5) is 0. The fourth-order valence-corrected chi connectivity index (χ4v) is 2.59. The highest BCUT2D eigenvalue weighted by Gasteiger charge is 2.14. The van der Waals surface area contributed by atoms with Gasteiger partial charge in [0, 0.05) is 25.4 Å². The molecule has 4 nitrogen and oxygen atoms in total. The zero-order valence-corrected chi connectivity index (χ0v) is 12.5. The van der Waals surface area contributed by atoms with Crippen LogP contribution in [0.5, 0.6) is 11.5 Å². The lowest BCUT2D eigenvalue weighted by Gasteiger charge is -2.18. The fourth-order valence-electron chi connectivity index (χ4n) is 2.59. The van der Waals surface area contributed by atoms with Crippen LogP contribution in [0.25, 0.3) is 0 Å². The summed E-state index contributed by atoms with van der Waals surface area (Å²) in [7, 11) is 0. The quantitative estimate of drug-likeness (QED) is 0.698. The summed E-state index contributed by atoms with van der Waals surface area (Å²) < 4.78 is 5.93. The highest BCUT2D eigenvalue weighted by Crippen LogP contribution is 2.31. The Labute approximate surface area is 130 Å². The summed E-state index contributed by atoms with van der Waals surface area (Å²) in [5.74, 6) is 1.41. The first-order valence-corrected chi connectivity index (χ1v) is 7.49. The van der Waals surface area contributed by atoms with Crippen LogP contribution in [0.2, 0.25) is 0 Å². The van der Waals surface area contributed by atoms with Crippen LogP contribution in [0.15, 0.2) is 42.5 Å². The highest BCUT2D eigenvalue weighted by atomic mass is 16.5. The van der Waals surface area contributed by atoms with Crippen molar-refractivity contribution < 1.29 is 20.1 Å². The van der Waals surface area contributed by atoms with Crippen LogP contribution >= 0.6 is 0 Å². The van der Waals surface area contributed by atoms with Gasteiger partial charge in [-0.1, -0.05) is 24.3 Å². The Balaban J connectivity index is 2.41. The largest absolute Gasteiger partial charge is 0.457 e. The van der Waals surface area contributed by atoms with Crippen molar-refractivity contribution in [2.45, 2.75) is 19.3 Å². The van der Waals surface area contributed by atoms with Crippen LogP contribution in [0.4, 0.5) is 0 Å². The summed E-state index contributed by atoms with van der Waals surface area (Å²) >= 11 is 0. The van der Waals surface area contributed by atoms with Crippen LogP contribution in [0, 0.1) is 0 Å². The second kappa shape index (κ2) is 8.54. The van der Waals surface area contributed by atoms with Crippen LogP contribution in [-0.2, 0) is 19.3 Å². The summed E-state index contributed by atoms with van der Waals surface area (Å²) in [5, 5.41) is 27.9. The molecule has 0 bridgehead atoms. The van der Waals surface area contributed by atoms with E-state index in [2.05, 4.69) is 0 Å². The van der Waals surface area contributed by atoms with E-state index in [1.54, 1.807) is 0 Å². The summed E-state index contributed by atoms with van der Waals surface area (Å²) in [5.41, 5.74) is 2.84. The maximum absolute atomic E-state index is 9.36. The molecule has 0 atom stereocenters. The minimum atomic E-state index is 0.00611. The van der Waals surface area contributed by atoms with Crippen LogP contribution < -0.4 is 4.74 Å². The molecular weight excluding hydrogens is 280 g/mol. The molecule has 2 rings (SSSR count). The number of para-hydroxylation sites is 1. The zero-order valence-electron chi connectivity index (χ0n) is 12.5. The third-order valence-electron chi connectivity index (χ3n) is 3.56. The van der Waals surface area contributed by atoms with Gasteiger partial charge in [-0.2, -0.15) is 0 Å². The lowest BCUT2D eigenvalue weighted by molar-refractivity contribution is 0.288. The molecule has 0 aromatic heterocycles. The van der Waals surface area contributed by atoms with Gasteiger partial charge in [0.15, 0.2) is 0 Å². The number of rotatable bonds is 8. The fraction of sp³-hybridized carbons (Fsp3) is 0.333. The Hall–Kier alpha value is -1.88. The molecule has 3 N–H and O–H groups in total. The molecule has 4 heteroatoms. The number of hydrogen-bond acceptors (Lipinski definition) is 4. The maximum Gasteiger partial charge on any atom is 0.130 e. The number of aliphatic hydroxyl groups is 3. The minimum absolute atomic E-state index is 0.00611. The number of ether oxygens (including phenoxy) is 1. The molecule has 0 fully saturated rings. The molecule has 0 unspecified atom stereocenters. The summed E-state index contributed by atoms with van der Waals surface area (Å²) in [6.07, 6.45) is 1.47. The van der Waals surface area contributed by atoms with Gasteiger partial charge in [-0.3, -0.25) is 0 Å². The third-order valence-corrected chi connectivity index (χ3v) is 3.56. The molecule has 0 spiro atoms. The van der Waals surface area contributed by atoms with Crippen LogP contribution in [-0.4, -0.2) is 35.1 Å². The van der Waals surface area contributed by atoms with Crippen molar-refractivity contribution in [3.8, 4) is 11.5 Å². The SMILES string of the molecule is OCCc1ccc(Oc2ccccc2)c(CCO)c1CCO. The molecule has 22 heavy (non-hydrogen) atoms. The van der Waals surface area contributed by atoms with E-state index >= 15 is 0 Å². The zero-order chi connectivity index (χ0) is 15.8. The lowest BCUT2D eigenvalue weighted by Crippen LogP contribution is -2.08. The first kappa shape index (κ1) is 16.5. The van der Waals surface area contributed by atoms with Gasteiger partial charge in [-0.05, 0) is 48.6 Å². The molecule has 0 aliphatic heterocycles. The van der Waals surface area contributed by atoms with Crippen molar-refractivity contribution in [2.24, 2.45) is 0 Å². The normalized spacial score (nSPS) is 10.7. The minimum Gasteiger partial charge on any atom is -0.457 e. The van der Waals surface area contributed by atoms with E-state index in [0.29, 0.717) is 25.0 Å². The Morgan fingerprint density at radius 1 is 0.682 bits per heavy atom. The molecule has 0 heterocycles. The van der Waals surface area contributed by atoms with Crippen molar-refractivity contribution in [3.05, 3.63) is 59.2 Å². The Morgan fingerprint density at radius 2 is 1.32 bits per heavy atom. The number of benzene rings is 2. The number of aliphatic hydroxyl groups excluding tert-OH is 3. The van der Waals surface area contributed by atoms with Crippen molar-refractivity contribution in [1.29, 1.82) is 0 Å². The van der Waals surface area contributed by atoms with Gasteiger partial charge in [0.1, 0.15) is 11.5 Å². The lowest BCUT2D eigenvalue weighted by atomic mass is 9.94. The van der Waals surface area contributed by atoms with E-state index in [0.717, 1.165) is 22.4 Å². The predicted octanol–water partition coefficient (Wildman–Crippen LogP) is 2.08. The Kier molecular flexibility index (Phi) is 6.40. The molecular formula is C18H22O4. The van der Waals surface area contributed by atoms with Crippen LogP contribution in [0.1, 0.15) is 16.7 Å². The van der Waals surface area contributed by atoms with Gasteiger partial charge in [-0.25, -0.2) is 0 Å². The first-order chi connectivity index (χ1) is 10.8. The second-order valence-electron chi connectivity index (χ2n) is 5.02. The van der Waals surface area contributed by atoms with Gasteiger partial charge in [0.2, 0.25) is 0 Å². The van der Waals surface area contributed by atoms with Crippen molar-refractivity contribution in [3.63, 3.8) is 0 Å². The molecule has 0 saturated carbocycles. The van der Waals surface area contributed by atoms with Gasteiger partial charge in [0.05, 0.1) is 0 Å². The van der Waals surface area contributed by atoms with Gasteiger partial charge in [0.25, 0.3) is 0 Å². The summed E-state index contributed by atoms with van der Waals surface area (Å²) in [6.45, 7) is 0.0771. The van der Waals surface area contributed by atoms with E-state index < -0.39 is 0 Å². The first-order valence-electron chi connectivity index (χ1n) is 7.49. The van der Waals surface area contributed by atoms with E-state index in [-0.39, 0.29) is 19.8 Å². The standard InChI is InChI=1S/C18H22O4/c19-11-8-14-6-7-18(22-15-4-2-1-3-5-15)17(10-13-21)16(14)9-12-20/h1-7,19-21H,8-13H2. The third kappa shape index (κ3) is 4.07. The molecule has 0 amide bonds.